The van der Waals surface area contributed by atoms with Crippen molar-refractivity contribution >= 4 is 6.08 Å². The van der Waals surface area contributed by atoms with Gasteiger partial charge in [-0.3, -0.25) is 0 Å². The fraction of sp³-hybridized carbons (Fsp3) is 0.250. The zero-order valence-corrected chi connectivity index (χ0v) is 9.63. The molecule has 17 heavy (non-hydrogen) atoms. The van der Waals surface area contributed by atoms with Crippen LogP contribution in [-0.2, 0) is 11.2 Å². The fourth-order valence-electron chi connectivity index (χ4n) is 1.48. The van der Waals surface area contributed by atoms with Gasteiger partial charge < -0.3 is 4.74 Å². The van der Waals surface area contributed by atoms with Crippen LogP contribution in [0.25, 0.3) is 6.08 Å². The van der Waals surface area contributed by atoms with E-state index < -0.39 is 0 Å². The molecule has 0 unspecified atom stereocenters. The van der Waals surface area contributed by atoms with Crippen molar-refractivity contribution in [1.29, 1.82) is 0 Å². The van der Waals surface area contributed by atoms with E-state index in [1.807, 2.05) is 31.2 Å². The van der Waals surface area contributed by atoms with Gasteiger partial charge in [-0.1, -0.05) is 24.3 Å². The predicted molar refractivity (Wildman–Crippen MR) is 64.1 cm³/mol. The van der Waals surface area contributed by atoms with Gasteiger partial charge in [-0.2, -0.15) is 0 Å². The second kappa shape index (κ2) is 5.79. The van der Waals surface area contributed by atoms with E-state index in [0.717, 1.165) is 17.0 Å². The quantitative estimate of drug-likeness (QED) is 0.795. The molecule has 88 valence electrons. The second-order valence-electron chi connectivity index (χ2n) is 3.53. The van der Waals surface area contributed by atoms with Crippen LogP contribution >= 0.6 is 0 Å². The lowest BCUT2D eigenvalue weighted by atomic mass is 10.1. The molecule has 0 amide bonds. The van der Waals surface area contributed by atoms with Crippen molar-refractivity contribution in [1.82, 2.24) is 20.6 Å². The summed E-state index contributed by atoms with van der Waals surface area (Å²) < 4.78 is 5.16. The highest BCUT2D eigenvalue weighted by atomic mass is 16.5. The van der Waals surface area contributed by atoms with Crippen LogP contribution in [0.4, 0.5) is 0 Å². The number of aromatic amines is 1. The fourth-order valence-corrected chi connectivity index (χ4v) is 1.48. The molecule has 1 aromatic heterocycles. The summed E-state index contributed by atoms with van der Waals surface area (Å²) in [7, 11) is 0. The van der Waals surface area contributed by atoms with Gasteiger partial charge in [0.05, 0.1) is 12.9 Å². The third-order valence-corrected chi connectivity index (χ3v) is 2.24. The maximum atomic E-state index is 5.16. The summed E-state index contributed by atoms with van der Waals surface area (Å²) >= 11 is 0. The molecule has 0 radical (unpaired) electrons. The number of hydrogen-bond acceptors (Lipinski definition) is 4. The molecule has 0 fully saturated rings. The minimum Gasteiger partial charge on any atom is -0.501 e. The first-order chi connectivity index (χ1) is 8.38. The van der Waals surface area contributed by atoms with Crippen molar-refractivity contribution in [3.8, 4) is 0 Å². The van der Waals surface area contributed by atoms with Crippen molar-refractivity contribution < 1.29 is 4.74 Å². The number of nitrogens with zero attached hydrogens (tertiary/aromatic N) is 3. The molecule has 0 bridgehead atoms. The molecule has 0 saturated heterocycles. The van der Waals surface area contributed by atoms with Gasteiger partial charge >= 0.3 is 0 Å². The molecule has 1 heterocycles. The normalized spacial score (nSPS) is 10.9. The van der Waals surface area contributed by atoms with Gasteiger partial charge in [0.25, 0.3) is 0 Å². The first kappa shape index (κ1) is 11.3. The minimum atomic E-state index is 0.680. The largest absolute Gasteiger partial charge is 0.501 e. The summed E-state index contributed by atoms with van der Waals surface area (Å²) in [5, 5.41) is 13.7. The second-order valence-corrected chi connectivity index (χ2v) is 3.53. The Labute approximate surface area is 99.5 Å². The first-order valence-electron chi connectivity index (χ1n) is 5.48. The zero-order chi connectivity index (χ0) is 11.9. The molecule has 0 spiro atoms. The molecule has 0 aliphatic carbocycles. The maximum Gasteiger partial charge on any atom is 0.152 e. The summed E-state index contributed by atoms with van der Waals surface area (Å²) in [6, 6.07) is 8.15. The lowest BCUT2D eigenvalue weighted by Crippen LogP contribution is -1.91. The lowest BCUT2D eigenvalue weighted by Gasteiger charge is -2.00. The predicted octanol–water partition coefficient (Wildman–Crippen LogP) is 1.80. The summed E-state index contributed by atoms with van der Waals surface area (Å²) in [6.45, 7) is 2.64. The molecular formula is C12H14N4O. The van der Waals surface area contributed by atoms with E-state index >= 15 is 0 Å². The first-order valence-corrected chi connectivity index (χ1v) is 5.48. The van der Waals surface area contributed by atoms with E-state index in [4.69, 9.17) is 4.74 Å². The van der Waals surface area contributed by atoms with Crippen molar-refractivity contribution in [2.75, 3.05) is 6.61 Å². The van der Waals surface area contributed by atoms with Crippen molar-refractivity contribution in [2.45, 2.75) is 13.3 Å². The summed E-state index contributed by atoms with van der Waals surface area (Å²) in [6.07, 6.45) is 4.34. The number of benzene rings is 1. The van der Waals surface area contributed by atoms with Gasteiger partial charge in [-0.05, 0) is 34.6 Å². The van der Waals surface area contributed by atoms with Crippen LogP contribution in [0.5, 0.6) is 0 Å². The van der Waals surface area contributed by atoms with Crippen molar-refractivity contribution in [3.05, 3.63) is 47.5 Å². The molecule has 0 saturated carbocycles. The number of aromatic nitrogens is 4. The van der Waals surface area contributed by atoms with Crippen LogP contribution in [0, 0.1) is 0 Å². The van der Waals surface area contributed by atoms with Crippen LogP contribution in [-0.4, -0.2) is 27.2 Å². The molecular weight excluding hydrogens is 216 g/mol. The van der Waals surface area contributed by atoms with Gasteiger partial charge in [-0.15, -0.1) is 5.10 Å². The minimum absolute atomic E-state index is 0.680. The highest BCUT2D eigenvalue weighted by Crippen LogP contribution is 2.09. The smallest absolute Gasteiger partial charge is 0.152 e. The van der Waals surface area contributed by atoms with Crippen LogP contribution in [0.15, 0.2) is 30.5 Å². The van der Waals surface area contributed by atoms with Crippen LogP contribution in [0.2, 0.25) is 0 Å². The molecule has 0 aliphatic rings. The SMILES string of the molecule is CCO/C=C/c1cccc(Cc2nnn[nH]2)c1. The van der Waals surface area contributed by atoms with E-state index in [1.165, 1.54) is 0 Å². The molecule has 5 nitrogen and oxygen atoms in total. The van der Waals surface area contributed by atoms with E-state index in [1.54, 1.807) is 6.26 Å². The van der Waals surface area contributed by atoms with E-state index in [0.29, 0.717) is 13.0 Å². The van der Waals surface area contributed by atoms with Crippen LogP contribution < -0.4 is 0 Å². The molecule has 1 N–H and O–H groups in total. The molecule has 0 atom stereocenters. The Morgan fingerprint density at radius 3 is 3.12 bits per heavy atom. The van der Waals surface area contributed by atoms with E-state index in [9.17, 15) is 0 Å². The number of rotatable bonds is 5. The molecule has 0 aliphatic heterocycles. The Kier molecular flexibility index (Phi) is 3.85. The third kappa shape index (κ3) is 3.41. The Morgan fingerprint density at radius 2 is 2.35 bits per heavy atom. The van der Waals surface area contributed by atoms with Crippen LogP contribution in [0.1, 0.15) is 23.9 Å². The monoisotopic (exact) mass is 230 g/mol. The number of H-pyrrole nitrogens is 1. The van der Waals surface area contributed by atoms with Crippen molar-refractivity contribution in [3.63, 3.8) is 0 Å². The highest BCUT2D eigenvalue weighted by molar-refractivity contribution is 5.49. The Hall–Kier alpha value is -2.17. The summed E-state index contributed by atoms with van der Waals surface area (Å²) in [5.74, 6) is 0.760. The lowest BCUT2D eigenvalue weighted by molar-refractivity contribution is 0.272. The maximum absolute atomic E-state index is 5.16. The van der Waals surface area contributed by atoms with Gasteiger partial charge in [0.15, 0.2) is 5.82 Å². The Bertz CT molecular complexity index is 479. The standard InChI is InChI=1S/C12H14N4O/c1-2-17-7-6-10-4-3-5-11(8-10)9-12-13-15-16-14-12/h3-8H,2,9H2,1H3,(H,13,14,15,16)/b7-6+. The van der Waals surface area contributed by atoms with Gasteiger partial charge in [0.2, 0.25) is 0 Å². The number of ether oxygens (including phenoxy) is 1. The van der Waals surface area contributed by atoms with Gasteiger partial charge in [0.1, 0.15) is 0 Å². The average molecular weight is 230 g/mol. The Balaban J connectivity index is 2.06. The topological polar surface area (TPSA) is 63.7 Å². The molecule has 2 rings (SSSR count). The summed E-state index contributed by atoms with van der Waals surface area (Å²) in [4.78, 5) is 0. The highest BCUT2D eigenvalue weighted by Gasteiger charge is 1.99. The number of tetrazole rings is 1. The molecule has 5 heteroatoms. The zero-order valence-electron chi connectivity index (χ0n) is 9.63. The average Bonchev–Trinajstić information content (AvgIpc) is 2.83. The molecule has 1 aromatic carbocycles. The molecule has 2 aromatic rings. The van der Waals surface area contributed by atoms with Crippen molar-refractivity contribution in [2.24, 2.45) is 0 Å². The summed E-state index contributed by atoms with van der Waals surface area (Å²) in [5.41, 5.74) is 2.26. The van der Waals surface area contributed by atoms with Gasteiger partial charge in [0, 0.05) is 6.42 Å². The van der Waals surface area contributed by atoms with Crippen LogP contribution in [0.3, 0.4) is 0 Å². The van der Waals surface area contributed by atoms with Gasteiger partial charge in [-0.25, -0.2) is 5.10 Å². The number of hydrogen-bond donors (Lipinski definition) is 1. The Morgan fingerprint density at radius 1 is 1.41 bits per heavy atom. The number of nitrogens with one attached hydrogen (secondary N) is 1. The van der Waals surface area contributed by atoms with E-state index in [-0.39, 0.29) is 0 Å². The third-order valence-electron chi connectivity index (χ3n) is 2.24. The van der Waals surface area contributed by atoms with E-state index in [2.05, 4.69) is 26.7 Å².